The van der Waals surface area contributed by atoms with Crippen molar-refractivity contribution in [2.45, 2.75) is 38.6 Å². The summed E-state index contributed by atoms with van der Waals surface area (Å²) in [4.78, 5) is 13.1. The summed E-state index contributed by atoms with van der Waals surface area (Å²) in [7, 11) is -3.91. The highest BCUT2D eigenvalue weighted by molar-refractivity contribution is 7.92. The molecule has 6 heteroatoms. The molecule has 0 aliphatic heterocycles. The second-order valence-electron chi connectivity index (χ2n) is 7.81. The molecule has 0 aliphatic carbocycles. The van der Waals surface area contributed by atoms with Crippen molar-refractivity contribution in [2.24, 2.45) is 0 Å². The van der Waals surface area contributed by atoms with E-state index in [0.29, 0.717) is 5.69 Å². The van der Waals surface area contributed by atoms with Crippen LogP contribution in [-0.4, -0.2) is 20.9 Å². The molecule has 162 valence electrons. The first kappa shape index (κ1) is 22.6. The summed E-state index contributed by atoms with van der Waals surface area (Å²) >= 11 is 0. The lowest BCUT2D eigenvalue weighted by molar-refractivity contribution is -0.120. The lowest BCUT2D eigenvalue weighted by Gasteiger charge is -2.25. The summed E-state index contributed by atoms with van der Waals surface area (Å²) in [5.41, 5.74) is 4.61. The number of aryl methyl sites for hydroxylation is 3. The van der Waals surface area contributed by atoms with Crippen LogP contribution in [0.5, 0.6) is 0 Å². The number of nitrogens with zero attached hydrogens (tertiary/aromatic N) is 1. The molecule has 0 unspecified atom stereocenters. The number of hydrogen-bond acceptors (Lipinski definition) is 3. The third kappa shape index (κ3) is 5.33. The molecule has 31 heavy (non-hydrogen) atoms. The van der Waals surface area contributed by atoms with Gasteiger partial charge in [0.15, 0.2) is 0 Å². The van der Waals surface area contributed by atoms with Crippen molar-refractivity contribution in [3.63, 3.8) is 0 Å². The Morgan fingerprint density at radius 1 is 0.903 bits per heavy atom. The number of carbonyl (C=O) groups excluding carboxylic acids is 1. The molecule has 1 amide bonds. The fraction of sp³-hybridized carbons (Fsp3) is 0.240. The number of anilines is 1. The Balaban J connectivity index is 1.89. The highest BCUT2D eigenvalue weighted by atomic mass is 32.2. The normalized spacial score (nSPS) is 12.3. The minimum Gasteiger partial charge on any atom is -0.348 e. The van der Waals surface area contributed by atoms with E-state index in [2.05, 4.69) is 11.4 Å². The molecular formula is C25H28N2O3S. The molecule has 0 aromatic heterocycles. The van der Waals surface area contributed by atoms with Crippen molar-refractivity contribution in [3.8, 4) is 0 Å². The lowest BCUT2D eigenvalue weighted by Crippen LogP contribution is -2.41. The van der Waals surface area contributed by atoms with Gasteiger partial charge in [-0.05, 0) is 68.7 Å². The standard InChI is InChI=1S/C25H28N2O3S/c1-18-9-8-10-22(16-18)27(31(29,30)23-11-6-5-7-12-23)17-25(28)26-21(4)24-14-13-19(2)15-20(24)3/h5-16,21H,17H2,1-4H3,(H,26,28)/t21-/m0/s1. The van der Waals surface area contributed by atoms with Crippen molar-refractivity contribution in [1.29, 1.82) is 0 Å². The number of amides is 1. The third-order valence-corrected chi connectivity index (χ3v) is 6.97. The Bertz CT molecular complexity index is 1170. The van der Waals surface area contributed by atoms with E-state index in [4.69, 9.17) is 0 Å². The maximum Gasteiger partial charge on any atom is 0.264 e. The van der Waals surface area contributed by atoms with E-state index in [1.165, 1.54) is 16.4 Å². The number of rotatable bonds is 7. The van der Waals surface area contributed by atoms with E-state index in [1.54, 1.807) is 36.4 Å². The largest absolute Gasteiger partial charge is 0.348 e. The molecule has 0 saturated carbocycles. The van der Waals surface area contributed by atoms with Crippen LogP contribution in [0.4, 0.5) is 5.69 Å². The summed E-state index contributed by atoms with van der Waals surface area (Å²) in [6, 6.07) is 21.1. The maximum atomic E-state index is 13.4. The van der Waals surface area contributed by atoms with Crippen LogP contribution in [0, 0.1) is 20.8 Å². The second-order valence-corrected chi connectivity index (χ2v) is 9.68. The summed E-state index contributed by atoms with van der Waals surface area (Å²) in [5, 5.41) is 2.95. The first-order valence-electron chi connectivity index (χ1n) is 10.2. The number of sulfonamides is 1. The third-order valence-electron chi connectivity index (χ3n) is 5.18. The zero-order valence-corrected chi connectivity index (χ0v) is 19.1. The Morgan fingerprint density at radius 2 is 1.58 bits per heavy atom. The average Bonchev–Trinajstić information content (AvgIpc) is 2.72. The Kier molecular flexibility index (Phi) is 6.81. The van der Waals surface area contributed by atoms with Gasteiger partial charge in [0.25, 0.3) is 10.0 Å². The Labute approximate surface area is 184 Å². The number of benzene rings is 3. The summed E-state index contributed by atoms with van der Waals surface area (Å²) < 4.78 is 27.9. The fourth-order valence-electron chi connectivity index (χ4n) is 3.62. The van der Waals surface area contributed by atoms with Gasteiger partial charge in [0.1, 0.15) is 6.54 Å². The van der Waals surface area contributed by atoms with Gasteiger partial charge in [-0.1, -0.05) is 54.1 Å². The molecule has 0 spiro atoms. The smallest absolute Gasteiger partial charge is 0.264 e. The molecule has 5 nitrogen and oxygen atoms in total. The van der Waals surface area contributed by atoms with Crippen LogP contribution in [0.15, 0.2) is 77.7 Å². The van der Waals surface area contributed by atoms with Gasteiger partial charge in [-0.2, -0.15) is 0 Å². The van der Waals surface area contributed by atoms with Gasteiger partial charge < -0.3 is 5.32 Å². The first-order valence-corrected chi connectivity index (χ1v) is 11.6. The van der Waals surface area contributed by atoms with Crippen LogP contribution in [0.2, 0.25) is 0 Å². The average molecular weight is 437 g/mol. The highest BCUT2D eigenvalue weighted by Crippen LogP contribution is 2.25. The number of carbonyl (C=O) groups is 1. The van der Waals surface area contributed by atoms with E-state index in [-0.39, 0.29) is 23.4 Å². The molecule has 0 heterocycles. The Morgan fingerprint density at radius 3 is 2.23 bits per heavy atom. The second kappa shape index (κ2) is 9.35. The maximum absolute atomic E-state index is 13.4. The molecule has 3 aromatic rings. The quantitative estimate of drug-likeness (QED) is 0.585. The van der Waals surface area contributed by atoms with E-state index >= 15 is 0 Å². The van der Waals surface area contributed by atoms with Gasteiger partial charge in [0, 0.05) is 0 Å². The summed E-state index contributed by atoms with van der Waals surface area (Å²) in [6.07, 6.45) is 0. The van der Waals surface area contributed by atoms with Crippen molar-refractivity contribution in [2.75, 3.05) is 10.8 Å². The van der Waals surface area contributed by atoms with E-state index < -0.39 is 10.0 Å². The molecular weight excluding hydrogens is 408 g/mol. The minimum atomic E-state index is -3.91. The molecule has 3 rings (SSSR count). The SMILES string of the molecule is Cc1cccc(N(CC(=O)N[C@@H](C)c2ccc(C)cc2C)S(=O)(=O)c2ccccc2)c1. The molecule has 0 radical (unpaired) electrons. The molecule has 0 bridgehead atoms. The molecule has 1 atom stereocenters. The zero-order valence-electron chi connectivity index (χ0n) is 18.3. The first-order chi connectivity index (χ1) is 14.7. The molecule has 3 aromatic carbocycles. The van der Waals surface area contributed by atoms with Crippen LogP contribution in [0.25, 0.3) is 0 Å². The van der Waals surface area contributed by atoms with E-state index in [1.807, 2.05) is 45.9 Å². The van der Waals surface area contributed by atoms with Crippen molar-refractivity contribution in [1.82, 2.24) is 5.32 Å². The topological polar surface area (TPSA) is 66.5 Å². The highest BCUT2D eigenvalue weighted by Gasteiger charge is 2.27. The Hall–Kier alpha value is -3.12. The van der Waals surface area contributed by atoms with Gasteiger partial charge in [-0.3, -0.25) is 9.10 Å². The van der Waals surface area contributed by atoms with E-state index in [0.717, 1.165) is 22.3 Å². The van der Waals surface area contributed by atoms with Gasteiger partial charge >= 0.3 is 0 Å². The van der Waals surface area contributed by atoms with Gasteiger partial charge in [-0.25, -0.2) is 8.42 Å². The molecule has 0 fully saturated rings. The van der Waals surface area contributed by atoms with Crippen LogP contribution in [0.1, 0.15) is 35.2 Å². The molecule has 0 aliphatic rings. The fourth-order valence-corrected chi connectivity index (χ4v) is 5.06. The monoisotopic (exact) mass is 436 g/mol. The molecule has 0 saturated heterocycles. The predicted octanol–water partition coefficient (Wildman–Crippen LogP) is 4.68. The van der Waals surface area contributed by atoms with Gasteiger partial charge in [0.05, 0.1) is 16.6 Å². The van der Waals surface area contributed by atoms with Crippen LogP contribution >= 0.6 is 0 Å². The minimum absolute atomic E-state index is 0.145. The summed E-state index contributed by atoms with van der Waals surface area (Å²) in [5.74, 6) is -0.367. The zero-order chi connectivity index (χ0) is 22.6. The van der Waals surface area contributed by atoms with Crippen molar-refractivity contribution in [3.05, 3.63) is 95.1 Å². The van der Waals surface area contributed by atoms with Crippen LogP contribution in [-0.2, 0) is 14.8 Å². The van der Waals surface area contributed by atoms with Gasteiger partial charge in [-0.15, -0.1) is 0 Å². The number of hydrogen-bond donors (Lipinski definition) is 1. The number of nitrogens with one attached hydrogen (secondary N) is 1. The van der Waals surface area contributed by atoms with Crippen LogP contribution in [0.3, 0.4) is 0 Å². The van der Waals surface area contributed by atoms with Crippen molar-refractivity contribution < 1.29 is 13.2 Å². The van der Waals surface area contributed by atoms with Crippen LogP contribution < -0.4 is 9.62 Å². The summed E-state index contributed by atoms with van der Waals surface area (Å²) in [6.45, 7) is 7.51. The predicted molar refractivity (Wildman–Crippen MR) is 125 cm³/mol. The van der Waals surface area contributed by atoms with E-state index in [9.17, 15) is 13.2 Å². The van der Waals surface area contributed by atoms with Crippen molar-refractivity contribution >= 4 is 21.6 Å². The van der Waals surface area contributed by atoms with Gasteiger partial charge in [0.2, 0.25) is 5.91 Å². The lowest BCUT2D eigenvalue weighted by atomic mass is 10.0. The molecule has 1 N–H and O–H groups in total.